The van der Waals surface area contributed by atoms with E-state index in [-0.39, 0.29) is 23.2 Å². The van der Waals surface area contributed by atoms with Crippen LogP contribution in [-0.4, -0.2) is 27.5 Å². The van der Waals surface area contributed by atoms with Crippen molar-refractivity contribution in [1.82, 2.24) is 5.16 Å². The lowest BCUT2D eigenvalue weighted by Crippen LogP contribution is -2.24. The number of aryl methyl sites for hydroxylation is 2. The molecule has 1 atom stereocenters. The Hall–Kier alpha value is -3.80. The third kappa shape index (κ3) is 4.49. The molecule has 5 rings (SSSR count). The molecule has 0 radical (unpaired) electrons. The number of carbonyl (C=O) groups excluding carboxylic acids is 2. The summed E-state index contributed by atoms with van der Waals surface area (Å²) in [5.41, 5.74) is 3.73. The van der Waals surface area contributed by atoms with E-state index < -0.39 is 0 Å². The Balaban J connectivity index is 1.46. The van der Waals surface area contributed by atoms with Crippen LogP contribution in [0.3, 0.4) is 0 Å². The minimum atomic E-state index is -0.120. The van der Waals surface area contributed by atoms with Crippen molar-refractivity contribution in [1.29, 1.82) is 0 Å². The van der Waals surface area contributed by atoms with E-state index >= 15 is 0 Å². The van der Waals surface area contributed by atoms with Gasteiger partial charge in [-0.1, -0.05) is 53.7 Å². The van der Waals surface area contributed by atoms with Crippen molar-refractivity contribution in [3.8, 4) is 0 Å². The van der Waals surface area contributed by atoms with Crippen molar-refractivity contribution in [3.63, 3.8) is 0 Å². The van der Waals surface area contributed by atoms with Crippen LogP contribution in [0.2, 0.25) is 0 Å². The van der Waals surface area contributed by atoms with Crippen LogP contribution in [0, 0.1) is 0 Å². The number of carbonyl (C=O) groups is 2. The Kier molecular flexibility index (Phi) is 6.21. The molecule has 0 aliphatic heterocycles. The molecule has 0 fully saturated rings. The molecule has 3 aromatic rings. The van der Waals surface area contributed by atoms with Gasteiger partial charge in [-0.05, 0) is 42.9 Å². The van der Waals surface area contributed by atoms with Crippen molar-refractivity contribution < 1.29 is 19.2 Å². The van der Waals surface area contributed by atoms with E-state index in [9.17, 15) is 14.7 Å². The highest BCUT2D eigenvalue weighted by Crippen LogP contribution is 2.35. The smallest absolute Gasteiger partial charge is 0.168 e. The number of aliphatic hydroxyl groups is 1. The number of aromatic nitrogens is 1. The number of fused-ring (bicyclic) bond motifs is 1. The first-order valence-corrected chi connectivity index (χ1v) is 11.7. The first-order valence-electron chi connectivity index (χ1n) is 11.7. The van der Waals surface area contributed by atoms with Crippen molar-refractivity contribution in [2.24, 2.45) is 4.99 Å². The molecule has 172 valence electrons. The Morgan fingerprint density at radius 1 is 0.971 bits per heavy atom. The molecule has 2 aliphatic rings. The van der Waals surface area contributed by atoms with Gasteiger partial charge in [0.2, 0.25) is 0 Å². The third-order valence-electron chi connectivity index (χ3n) is 6.54. The lowest BCUT2D eigenvalue weighted by atomic mass is 9.80. The fraction of sp³-hybridized carbons (Fsp3) is 0.286. The van der Waals surface area contributed by atoms with Crippen LogP contribution in [0.5, 0.6) is 0 Å². The number of Topliss-reactive ketones (excluding diaryl/α,β-unsaturated/α-hetero) is 2. The second-order valence-electron chi connectivity index (χ2n) is 8.86. The van der Waals surface area contributed by atoms with Crippen LogP contribution in [0.1, 0.15) is 65.4 Å². The summed E-state index contributed by atoms with van der Waals surface area (Å²) in [7, 11) is 0. The summed E-state index contributed by atoms with van der Waals surface area (Å²) in [6, 6.07) is 19.2. The van der Waals surface area contributed by atoms with Crippen LogP contribution in [0.15, 0.2) is 81.5 Å². The highest BCUT2D eigenvalue weighted by atomic mass is 16.5. The number of rotatable bonds is 6. The number of aliphatic imine (C=N–C) groups is 1. The Morgan fingerprint density at radius 2 is 1.71 bits per heavy atom. The number of hydrogen-bond acceptors (Lipinski definition) is 6. The molecule has 6 nitrogen and oxygen atoms in total. The summed E-state index contributed by atoms with van der Waals surface area (Å²) >= 11 is 0. The summed E-state index contributed by atoms with van der Waals surface area (Å²) < 4.78 is 5.42. The first-order chi connectivity index (χ1) is 16.6. The van der Waals surface area contributed by atoms with Gasteiger partial charge in [0.1, 0.15) is 11.5 Å². The summed E-state index contributed by atoms with van der Waals surface area (Å²) in [6.45, 7) is 0. The predicted molar refractivity (Wildman–Crippen MR) is 129 cm³/mol. The molecule has 0 amide bonds. The van der Waals surface area contributed by atoms with Crippen LogP contribution in [-0.2, 0) is 17.6 Å². The fourth-order valence-electron chi connectivity index (χ4n) is 4.87. The minimum Gasteiger partial charge on any atom is -0.511 e. The van der Waals surface area contributed by atoms with Gasteiger partial charge >= 0.3 is 0 Å². The summed E-state index contributed by atoms with van der Waals surface area (Å²) in [5.74, 6) is 0.592. The zero-order chi connectivity index (χ0) is 23.5. The molecule has 6 heteroatoms. The molecule has 1 unspecified atom stereocenters. The van der Waals surface area contributed by atoms with Gasteiger partial charge in [-0.15, -0.1) is 0 Å². The average Bonchev–Trinajstić information content (AvgIpc) is 3.27. The molecule has 0 saturated heterocycles. The normalized spacial score (nSPS) is 18.8. The van der Waals surface area contributed by atoms with Gasteiger partial charge in [0, 0.05) is 25.7 Å². The second kappa shape index (κ2) is 9.59. The molecule has 0 bridgehead atoms. The molecule has 1 heterocycles. The second-order valence-corrected chi connectivity index (χ2v) is 8.86. The Labute approximate surface area is 198 Å². The third-order valence-corrected chi connectivity index (χ3v) is 6.54. The maximum Gasteiger partial charge on any atom is 0.168 e. The quantitative estimate of drug-likeness (QED) is 0.471. The van der Waals surface area contributed by atoms with Crippen molar-refractivity contribution >= 4 is 23.0 Å². The van der Waals surface area contributed by atoms with Gasteiger partial charge in [0.15, 0.2) is 11.6 Å². The maximum atomic E-state index is 13.3. The Bertz CT molecular complexity index is 1270. The molecule has 34 heavy (non-hydrogen) atoms. The van der Waals surface area contributed by atoms with Crippen LogP contribution in [0.25, 0.3) is 0 Å². The van der Waals surface area contributed by atoms with E-state index in [4.69, 9.17) is 9.52 Å². The van der Waals surface area contributed by atoms with Gasteiger partial charge in [0.05, 0.1) is 28.2 Å². The van der Waals surface area contributed by atoms with Crippen molar-refractivity contribution in [2.75, 3.05) is 0 Å². The van der Waals surface area contributed by atoms with E-state index in [1.54, 1.807) is 0 Å². The largest absolute Gasteiger partial charge is 0.511 e. The van der Waals surface area contributed by atoms with Gasteiger partial charge < -0.3 is 9.63 Å². The monoisotopic (exact) mass is 454 g/mol. The number of hydrogen-bond donors (Lipinski definition) is 1. The number of allylic oxidation sites excluding steroid dienone is 2. The molecule has 0 saturated carbocycles. The molecular weight excluding hydrogens is 428 g/mol. The van der Waals surface area contributed by atoms with E-state index in [2.05, 4.69) is 5.16 Å². The highest BCUT2D eigenvalue weighted by Gasteiger charge is 2.32. The number of aliphatic hydroxyl groups excluding tert-OH is 1. The molecule has 2 aliphatic carbocycles. The average molecular weight is 455 g/mol. The molecular formula is C28H26N2O4. The zero-order valence-corrected chi connectivity index (χ0v) is 18.9. The Morgan fingerprint density at radius 3 is 2.44 bits per heavy atom. The summed E-state index contributed by atoms with van der Waals surface area (Å²) in [5, 5.41) is 15.1. The minimum absolute atomic E-state index is 0.0561. The van der Waals surface area contributed by atoms with Crippen LogP contribution < -0.4 is 0 Å². The SMILES string of the molecule is O=C1CC(c2ccccc2)CC(O)=C1C(CCc1noc2c1C(=O)CCC2)=Nc1ccccc1. The molecule has 1 N–H and O–H groups in total. The standard InChI is InChI=1S/C28H26N2O4/c31-23-12-7-13-26-28(23)22(30-34-26)15-14-21(29-20-10-5-2-6-11-20)27-24(32)16-19(17-25(27)33)18-8-3-1-4-9-18/h1-6,8-11,19,32H,7,12-17H2. The summed E-state index contributed by atoms with van der Waals surface area (Å²) in [6.07, 6.45) is 3.46. The van der Waals surface area contributed by atoms with Crippen LogP contribution in [0.4, 0.5) is 5.69 Å². The first kappa shape index (κ1) is 22.0. The number of para-hydroxylation sites is 1. The van der Waals surface area contributed by atoms with Crippen molar-refractivity contribution in [3.05, 3.63) is 94.6 Å². The topological polar surface area (TPSA) is 92.8 Å². The molecule has 1 aromatic heterocycles. The van der Waals surface area contributed by atoms with Gasteiger partial charge in [-0.3, -0.25) is 14.6 Å². The van der Waals surface area contributed by atoms with E-state index in [0.717, 1.165) is 12.0 Å². The van der Waals surface area contributed by atoms with E-state index in [1.165, 1.54) is 0 Å². The van der Waals surface area contributed by atoms with Gasteiger partial charge in [-0.2, -0.15) is 0 Å². The summed E-state index contributed by atoms with van der Waals surface area (Å²) in [4.78, 5) is 30.5. The molecule has 0 spiro atoms. The number of nitrogens with zero attached hydrogens (tertiary/aromatic N) is 2. The highest BCUT2D eigenvalue weighted by molar-refractivity contribution is 6.24. The van der Waals surface area contributed by atoms with Crippen LogP contribution >= 0.6 is 0 Å². The number of benzene rings is 2. The van der Waals surface area contributed by atoms with E-state index in [1.807, 2.05) is 60.7 Å². The maximum absolute atomic E-state index is 13.3. The molecule has 2 aromatic carbocycles. The van der Waals surface area contributed by atoms with Gasteiger partial charge in [0.25, 0.3) is 0 Å². The predicted octanol–water partition coefficient (Wildman–Crippen LogP) is 5.86. The lowest BCUT2D eigenvalue weighted by molar-refractivity contribution is -0.116. The van der Waals surface area contributed by atoms with E-state index in [0.29, 0.717) is 72.5 Å². The zero-order valence-electron chi connectivity index (χ0n) is 18.9. The van der Waals surface area contributed by atoms with Crippen molar-refractivity contribution in [2.45, 2.75) is 50.9 Å². The lowest BCUT2D eigenvalue weighted by Gasteiger charge is -2.24. The fourth-order valence-corrected chi connectivity index (χ4v) is 4.87. The van der Waals surface area contributed by atoms with Gasteiger partial charge in [-0.25, -0.2) is 0 Å². The number of ketones is 2.